The maximum Gasteiger partial charge on any atom is 0.349 e. The molecule has 3 heterocycles. The number of nitrogens with one attached hydrogen (secondary N) is 1. The van der Waals surface area contributed by atoms with E-state index in [2.05, 4.69) is 10.1 Å². The fourth-order valence-corrected chi connectivity index (χ4v) is 6.25. The topological polar surface area (TPSA) is 143 Å². The Morgan fingerprint density at radius 2 is 1.66 bits per heavy atom. The van der Waals surface area contributed by atoms with Gasteiger partial charge in [-0.05, 0) is 85.3 Å². The van der Waals surface area contributed by atoms with Crippen molar-refractivity contribution >= 4 is 21.1 Å². The van der Waals surface area contributed by atoms with Gasteiger partial charge in [0.15, 0.2) is 0 Å². The Labute approximate surface area is 236 Å². The van der Waals surface area contributed by atoms with Gasteiger partial charge in [-0.25, -0.2) is 17.2 Å². The van der Waals surface area contributed by atoms with Gasteiger partial charge in [-0.15, -0.1) is 5.10 Å². The molecule has 0 aliphatic carbocycles. The third kappa shape index (κ3) is 4.98. The van der Waals surface area contributed by atoms with Crippen LogP contribution in [0.5, 0.6) is 0 Å². The summed E-state index contributed by atoms with van der Waals surface area (Å²) in [4.78, 5) is 31.4. The van der Waals surface area contributed by atoms with Crippen LogP contribution in [-0.4, -0.2) is 32.1 Å². The number of benzene rings is 2. The van der Waals surface area contributed by atoms with E-state index in [4.69, 9.17) is 10.2 Å². The molecule has 3 aromatic heterocycles. The van der Waals surface area contributed by atoms with E-state index in [-0.39, 0.29) is 10.8 Å². The Balaban J connectivity index is 1.56. The molecule has 0 aliphatic rings. The number of aryl methyl sites for hydroxylation is 3. The second-order valence-electron chi connectivity index (χ2n) is 10.4. The standard InChI is InChI=1S/C30H28N6O4S/c1-17(2)25-16-35(41(39,40)23-9-6-18(3)7-10-23)27-11-8-21(32-28(25)27)14-24-19(4)12-22(13-20(24)5)36-30(38)33-29(37)26(15-31)34-36/h6-13,16-17H,14H2,1-5H3,(H,33,37,38). The lowest BCUT2D eigenvalue weighted by Gasteiger charge is -2.14. The van der Waals surface area contributed by atoms with Crippen LogP contribution in [0.25, 0.3) is 16.7 Å². The van der Waals surface area contributed by atoms with Crippen molar-refractivity contribution < 1.29 is 8.42 Å². The van der Waals surface area contributed by atoms with Gasteiger partial charge in [-0.3, -0.25) is 14.8 Å². The van der Waals surface area contributed by atoms with E-state index < -0.39 is 27.0 Å². The van der Waals surface area contributed by atoms with E-state index in [0.717, 1.165) is 38.2 Å². The summed E-state index contributed by atoms with van der Waals surface area (Å²) in [6.07, 6.45) is 2.13. The van der Waals surface area contributed by atoms with Gasteiger partial charge in [0, 0.05) is 18.3 Å². The fourth-order valence-electron chi connectivity index (χ4n) is 4.88. The van der Waals surface area contributed by atoms with Crippen LogP contribution in [0.2, 0.25) is 0 Å². The van der Waals surface area contributed by atoms with Crippen molar-refractivity contribution in [3.05, 3.63) is 115 Å². The highest BCUT2D eigenvalue weighted by Crippen LogP contribution is 2.31. The number of aromatic nitrogens is 5. The van der Waals surface area contributed by atoms with Crippen molar-refractivity contribution in [2.24, 2.45) is 0 Å². The number of aromatic amines is 1. The van der Waals surface area contributed by atoms with Crippen LogP contribution in [0.1, 0.15) is 59.0 Å². The lowest BCUT2D eigenvalue weighted by atomic mass is 9.97. The van der Waals surface area contributed by atoms with Crippen LogP contribution >= 0.6 is 0 Å². The molecule has 0 aliphatic heterocycles. The SMILES string of the molecule is Cc1ccc(S(=O)(=O)n2cc(C(C)C)c3nc(Cc4c(C)cc(-n5nc(C#N)c(=O)[nH]c5=O)cc4C)ccc32)cc1. The normalized spacial score (nSPS) is 11.7. The second-order valence-corrected chi connectivity index (χ2v) is 12.2. The summed E-state index contributed by atoms with van der Waals surface area (Å²) in [6, 6.07) is 15.6. The summed E-state index contributed by atoms with van der Waals surface area (Å²) < 4.78 is 29.4. The molecule has 0 amide bonds. The molecule has 5 aromatic rings. The molecule has 0 spiro atoms. The predicted molar refractivity (Wildman–Crippen MR) is 155 cm³/mol. The van der Waals surface area contributed by atoms with Gasteiger partial charge in [-0.2, -0.15) is 9.94 Å². The van der Waals surface area contributed by atoms with E-state index in [1.54, 1.807) is 54.7 Å². The minimum atomic E-state index is -3.82. The molecule has 208 valence electrons. The van der Waals surface area contributed by atoms with Crippen molar-refractivity contribution in [3.63, 3.8) is 0 Å². The molecule has 10 nitrogen and oxygen atoms in total. The molecule has 0 radical (unpaired) electrons. The number of rotatable bonds is 6. The summed E-state index contributed by atoms with van der Waals surface area (Å²) in [5.41, 5.74) is 4.87. The Hall–Kier alpha value is -4.82. The van der Waals surface area contributed by atoms with Gasteiger partial charge in [0.25, 0.3) is 15.6 Å². The minimum absolute atomic E-state index is 0.0406. The zero-order valence-corrected chi connectivity index (χ0v) is 24.1. The molecule has 0 saturated heterocycles. The van der Waals surface area contributed by atoms with Crippen LogP contribution in [0.4, 0.5) is 0 Å². The number of fused-ring (bicyclic) bond motifs is 1. The molecule has 11 heteroatoms. The monoisotopic (exact) mass is 568 g/mol. The average molecular weight is 569 g/mol. The lowest BCUT2D eigenvalue weighted by Crippen LogP contribution is -2.33. The molecule has 1 N–H and O–H groups in total. The summed E-state index contributed by atoms with van der Waals surface area (Å²) in [7, 11) is -3.82. The minimum Gasteiger partial charge on any atom is -0.270 e. The molecule has 5 rings (SSSR count). The highest BCUT2D eigenvalue weighted by molar-refractivity contribution is 7.90. The van der Waals surface area contributed by atoms with Crippen LogP contribution in [0.3, 0.4) is 0 Å². The first-order chi connectivity index (χ1) is 19.4. The molecular formula is C30H28N6O4S. The molecule has 2 aromatic carbocycles. The average Bonchev–Trinajstić information content (AvgIpc) is 3.31. The maximum atomic E-state index is 13.6. The van der Waals surface area contributed by atoms with E-state index in [1.165, 1.54) is 3.97 Å². The first kappa shape index (κ1) is 27.7. The maximum absolute atomic E-state index is 13.6. The number of hydrogen-bond donors (Lipinski definition) is 1. The Bertz CT molecular complexity index is 2070. The first-order valence-corrected chi connectivity index (χ1v) is 14.4. The number of nitriles is 1. The predicted octanol–water partition coefficient (Wildman–Crippen LogP) is 4.02. The number of hydrogen-bond acceptors (Lipinski definition) is 7. The van der Waals surface area contributed by atoms with E-state index >= 15 is 0 Å². The molecular weight excluding hydrogens is 540 g/mol. The van der Waals surface area contributed by atoms with E-state index in [0.29, 0.717) is 23.1 Å². The summed E-state index contributed by atoms with van der Waals surface area (Å²) in [6.45, 7) is 9.71. The highest BCUT2D eigenvalue weighted by atomic mass is 32.2. The molecule has 0 bridgehead atoms. The fraction of sp³-hybridized carbons (Fsp3) is 0.233. The number of H-pyrrole nitrogens is 1. The Morgan fingerprint density at radius 1 is 1.00 bits per heavy atom. The highest BCUT2D eigenvalue weighted by Gasteiger charge is 2.23. The van der Waals surface area contributed by atoms with Crippen LogP contribution in [0.15, 0.2) is 69.2 Å². The van der Waals surface area contributed by atoms with Gasteiger partial charge in [0.2, 0.25) is 5.69 Å². The quantitative estimate of drug-likeness (QED) is 0.326. The van der Waals surface area contributed by atoms with Gasteiger partial charge >= 0.3 is 5.69 Å². The molecule has 0 fully saturated rings. The molecule has 0 unspecified atom stereocenters. The Kier molecular flexibility index (Phi) is 6.97. The first-order valence-electron chi connectivity index (χ1n) is 13.0. The van der Waals surface area contributed by atoms with Crippen molar-refractivity contribution in [1.29, 1.82) is 5.26 Å². The number of pyridine rings is 1. The van der Waals surface area contributed by atoms with Crippen molar-refractivity contribution in [2.45, 2.75) is 51.9 Å². The van der Waals surface area contributed by atoms with E-state index in [9.17, 15) is 18.0 Å². The summed E-state index contributed by atoms with van der Waals surface area (Å²) >= 11 is 0. The lowest BCUT2D eigenvalue weighted by molar-refractivity contribution is 0.589. The molecule has 0 atom stereocenters. The van der Waals surface area contributed by atoms with Gasteiger partial charge in [-0.1, -0.05) is 31.5 Å². The second kappa shape index (κ2) is 10.3. The third-order valence-electron chi connectivity index (χ3n) is 7.12. The van der Waals surface area contributed by atoms with Crippen LogP contribution < -0.4 is 11.2 Å². The van der Waals surface area contributed by atoms with Crippen LogP contribution in [-0.2, 0) is 16.4 Å². The van der Waals surface area contributed by atoms with E-state index in [1.807, 2.05) is 40.7 Å². The smallest absolute Gasteiger partial charge is 0.270 e. The zero-order chi connectivity index (χ0) is 29.6. The zero-order valence-electron chi connectivity index (χ0n) is 23.3. The Morgan fingerprint density at radius 3 is 2.27 bits per heavy atom. The number of nitrogens with zero attached hydrogens (tertiary/aromatic N) is 5. The largest absolute Gasteiger partial charge is 0.349 e. The third-order valence-corrected chi connectivity index (χ3v) is 8.80. The summed E-state index contributed by atoms with van der Waals surface area (Å²) in [5, 5.41) is 13.1. The molecule has 0 saturated carbocycles. The van der Waals surface area contributed by atoms with Gasteiger partial charge in [0.1, 0.15) is 6.07 Å². The van der Waals surface area contributed by atoms with Crippen molar-refractivity contribution in [2.75, 3.05) is 0 Å². The van der Waals surface area contributed by atoms with Gasteiger partial charge < -0.3 is 0 Å². The van der Waals surface area contributed by atoms with Gasteiger partial charge in [0.05, 0.1) is 21.6 Å². The van der Waals surface area contributed by atoms with Crippen LogP contribution in [0, 0.1) is 32.1 Å². The van der Waals surface area contributed by atoms with Crippen molar-refractivity contribution in [1.82, 2.24) is 23.7 Å². The molecule has 41 heavy (non-hydrogen) atoms. The summed E-state index contributed by atoms with van der Waals surface area (Å²) in [5.74, 6) is 0.0406. The van der Waals surface area contributed by atoms with Crippen molar-refractivity contribution in [3.8, 4) is 11.8 Å².